The number of cyclic esters (lactones) is 4. The second-order valence-electron chi connectivity index (χ2n) is 10.3. The first-order valence-electron chi connectivity index (χ1n) is 12.2. The highest BCUT2D eigenvalue weighted by molar-refractivity contribution is 6.16. The summed E-state index contributed by atoms with van der Waals surface area (Å²) in [5.41, 5.74) is -0.502. The topological polar surface area (TPSA) is 139 Å². The molecule has 40 heavy (non-hydrogen) atoms. The smallest absolute Gasteiger partial charge is 0.346 e. The number of hydrogen-bond donors (Lipinski definition) is 0. The minimum Gasteiger partial charge on any atom is -0.451 e. The lowest BCUT2D eigenvalue weighted by atomic mass is 9.92. The van der Waals surface area contributed by atoms with Crippen LogP contribution in [0.3, 0.4) is 0 Å². The minimum atomic E-state index is -1.08. The van der Waals surface area contributed by atoms with Crippen molar-refractivity contribution in [3.63, 3.8) is 0 Å². The van der Waals surface area contributed by atoms with E-state index in [1.165, 1.54) is 36.4 Å². The lowest BCUT2D eigenvalue weighted by Crippen LogP contribution is -2.28. The molecule has 0 spiro atoms. The van der Waals surface area contributed by atoms with Crippen LogP contribution in [0.25, 0.3) is 0 Å². The fourth-order valence-corrected chi connectivity index (χ4v) is 4.40. The molecule has 0 bridgehead atoms. The summed E-state index contributed by atoms with van der Waals surface area (Å²) in [6.07, 6.45) is 0. The van der Waals surface area contributed by atoms with Crippen LogP contribution in [0.4, 0.5) is 0 Å². The average Bonchev–Trinajstić information content (AvgIpc) is 3.36. The van der Waals surface area contributed by atoms with E-state index in [1.54, 1.807) is 52.0 Å². The second kappa shape index (κ2) is 9.26. The van der Waals surface area contributed by atoms with Crippen LogP contribution in [0.2, 0.25) is 0 Å². The Morgan fingerprint density at radius 2 is 0.850 bits per heavy atom. The highest BCUT2D eigenvalue weighted by Crippen LogP contribution is 2.32. The third-order valence-corrected chi connectivity index (χ3v) is 6.73. The minimum absolute atomic E-state index is 0.00620. The molecule has 202 valence electrons. The third-order valence-electron chi connectivity index (χ3n) is 6.73. The van der Waals surface area contributed by atoms with Gasteiger partial charge in [-0.25, -0.2) is 28.8 Å². The van der Waals surface area contributed by atoms with Crippen molar-refractivity contribution in [3.8, 4) is 0 Å². The summed E-state index contributed by atoms with van der Waals surface area (Å²) in [4.78, 5) is 72.7. The van der Waals surface area contributed by atoms with Crippen molar-refractivity contribution in [1.29, 1.82) is 0 Å². The van der Waals surface area contributed by atoms with E-state index in [0.717, 1.165) is 0 Å². The Hall–Kier alpha value is -5.12. The van der Waals surface area contributed by atoms with E-state index in [9.17, 15) is 28.8 Å². The summed E-state index contributed by atoms with van der Waals surface area (Å²) < 4.78 is 20.5. The fourth-order valence-electron chi connectivity index (χ4n) is 4.40. The molecule has 0 N–H and O–H groups in total. The molecule has 10 nitrogen and oxygen atoms in total. The van der Waals surface area contributed by atoms with Crippen LogP contribution in [-0.4, -0.2) is 35.8 Å². The van der Waals surface area contributed by atoms with Gasteiger partial charge < -0.3 is 18.9 Å². The van der Waals surface area contributed by atoms with Gasteiger partial charge in [0, 0.05) is 0 Å². The molecule has 0 aliphatic carbocycles. The number of esters is 6. The number of carbonyl (C=O) groups excluding carboxylic acids is 6. The first kappa shape index (κ1) is 26.5. The summed E-state index contributed by atoms with van der Waals surface area (Å²) in [5, 5.41) is 0. The van der Waals surface area contributed by atoms with Crippen LogP contribution in [0.15, 0.2) is 60.7 Å². The number of rotatable bonds is 6. The van der Waals surface area contributed by atoms with Gasteiger partial charge in [-0.3, -0.25) is 0 Å². The molecule has 0 saturated carbocycles. The molecule has 0 unspecified atom stereocenters. The molecule has 0 saturated heterocycles. The predicted molar refractivity (Wildman–Crippen MR) is 136 cm³/mol. The van der Waals surface area contributed by atoms with Crippen LogP contribution in [0.1, 0.15) is 101 Å². The van der Waals surface area contributed by atoms with Gasteiger partial charge in [0.05, 0.1) is 33.4 Å². The highest BCUT2D eigenvalue weighted by Gasteiger charge is 2.34. The van der Waals surface area contributed by atoms with E-state index in [0.29, 0.717) is 11.1 Å². The van der Waals surface area contributed by atoms with Gasteiger partial charge in [0.1, 0.15) is 11.2 Å². The molecule has 3 aromatic rings. The summed E-state index contributed by atoms with van der Waals surface area (Å²) in [6, 6.07) is 14.9. The molecule has 5 rings (SSSR count). The molecule has 0 atom stereocenters. The molecule has 0 amide bonds. The molecule has 0 fully saturated rings. The number of benzene rings is 3. The maximum absolute atomic E-state index is 12.8. The van der Waals surface area contributed by atoms with Crippen LogP contribution in [-0.2, 0) is 30.1 Å². The quantitative estimate of drug-likeness (QED) is 0.249. The predicted octanol–water partition coefficient (Wildman–Crippen LogP) is 4.49. The van der Waals surface area contributed by atoms with Crippen LogP contribution < -0.4 is 0 Å². The molecule has 2 aliphatic rings. The number of carbonyl (C=O) groups is 6. The van der Waals surface area contributed by atoms with Crippen molar-refractivity contribution < 1.29 is 47.7 Å². The summed E-state index contributed by atoms with van der Waals surface area (Å²) in [5.74, 6) is -4.55. The van der Waals surface area contributed by atoms with Crippen molar-refractivity contribution in [1.82, 2.24) is 0 Å². The van der Waals surface area contributed by atoms with Gasteiger partial charge >= 0.3 is 35.8 Å². The molecule has 0 radical (unpaired) electrons. The van der Waals surface area contributed by atoms with Gasteiger partial charge in [-0.05, 0) is 75.2 Å². The van der Waals surface area contributed by atoms with Crippen LogP contribution in [0.5, 0.6) is 0 Å². The standard InChI is InChI=1S/C30H22O10/c1-29(2,39-23(31)15-5-11-19-21(13-15)27(35)37-25(19)33)17-7-9-18(10-8-17)30(3,4)40-24(32)16-6-12-20-22(14-16)28(36)38-26(20)34/h5-14H,1-4H3. The zero-order valence-corrected chi connectivity index (χ0v) is 21.9. The van der Waals surface area contributed by atoms with Crippen LogP contribution in [0, 0.1) is 0 Å². The average molecular weight is 542 g/mol. The number of hydrogen-bond acceptors (Lipinski definition) is 10. The highest BCUT2D eigenvalue weighted by atomic mass is 16.6. The fraction of sp³-hybridized carbons (Fsp3) is 0.200. The largest absolute Gasteiger partial charge is 0.451 e. The van der Waals surface area contributed by atoms with Gasteiger partial charge in [-0.1, -0.05) is 24.3 Å². The first-order valence-corrected chi connectivity index (χ1v) is 12.2. The van der Waals surface area contributed by atoms with E-state index in [2.05, 4.69) is 9.47 Å². The molecule has 10 heteroatoms. The van der Waals surface area contributed by atoms with Crippen molar-refractivity contribution in [3.05, 3.63) is 105 Å². The van der Waals surface area contributed by atoms with Gasteiger partial charge in [0.2, 0.25) is 0 Å². The maximum Gasteiger partial charge on any atom is 0.346 e. The molecule has 2 heterocycles. The van der Waals surface area contributed by atoms with Crippen molar-refractivity contribution in [2.45, 2.75) is 38.9 Å². The van der Waals surface area contributed by atoms with E-state index in [4.69, 9.17) is 9.47 Å². The Morgan fingerprint density at radius 3 is 1.20 bits per heavy atom. The molecular formula is C30H22O10. The molecule has 2 aliphatic heterocycles. The van der Waals surface area contributed by atoms with Crippen LogP contribution >= 0.6 is 0 Å². The SMILES string of the molecule is CC(C)(OC(=O)c1ccc2c(c1)C(=O)OC2=O)c1ccc(C(C)(C)OC(=O)c2ccc3c(c2)C(=O)OC3=O)cc1. The van der Waals surface area contributed by atoms with Crippen molar-refractivity contribution in [2.24, 2.45) is 0 Å². The van der Waals surface area contributed by atoms with Crippen molar-refractivity contribution >= 4 is 35.8 Å². The normalized spacial score (nSPS) is 14.3. The van der Waals surface area contributed by atoms with Gasteiger partial charge in [0.15, 0.2) is 0 Å². The van der Waals surface area contributed by atoms with E-state index < -0.39 is 47.0 Å². The Morgan fingerprint density at radius 1 is 0.525 bits per heavy atom. The Kier molecular flexibility index (Phi) is 6.13. The molecule has 3 aromatic carbocycles. The lowest BCUT2D eigenvalue weighted by Gasteiger charge is -2.29. The second-order valence-corrected chi connectivity index (χ2v) is 10.3. The lowest BCUT2D eigenvalue weighted by molar-refractivity contribution is -0.00566. The number of fused-ring (bicyclic) bond motifs is 2. The maximum atomic E-state index is 12.8. The van der Waals surface area contributed by atoms with E-state index in [1.807, 2.05) is 0 Å². The summed E-state index contributed by atoms with van der Waals surface area (Å²) in [6.45, 7) is 6.78. The monoisotopic (exact) mass is 542 g/mol. The summed E-state index contributed by atoms with van der Waals surface area (Å²) in [7, 11) is 0. The summed E-state index contributed by atoms with van der Waals surface area (Å²) >= 11 is 0. The first-order chi connectivity index (χ1) is 18.8. The zero-order valence-electron chi connectivity index (χ0n) is 21.9. The molecule has 0 aromatic heterocycles. The third kappa shape index (κ3) is 4.64. The van der Waals surface area contributed by atoms with E-state index >= 15 is 0 Å². The van der Waals surface area contributed by atoms with E-state index in [-0.39, 0.29) is 33.4 Å². The van der Waals surface area contributed by atoms with Gasteiger partial charge in [0.25, 0.3) is 0 Å². The van der Waals surface area contributed by atoms with Gasteiger partial charge in [-0.15, -0.1) is 0 Å². The number of ether oxygens (including phenoxy) is 4. The Balaban J connectivity index is 1.29. The van der Waals surface area contributed by atoms with Gasteiger partial charge in [-0.2, -0.15) is 0 Å². The van der Waals surface area contributed by atoms with Crippen molar-refractivity contribution in [2.75, 3.05) is 0 Å². The molecular weight excluding hydrogens is 520 g/mol. The zero-order chi connectivity index (χ0) is 29.0. The Bertz CT molecular complexity index is 1520. The Labute approximate surface area is 227 Å².